The Labute approximate surface area is 179 Å². The summed E-state index contributed by atoms with van der Waals surface area (Å²) in [6.07, 6.45) is 4.64. The van der Waals surface area contributed by atoms with E-state index in [1.165, 1.54) is 12.4 Å². The van der Waals surface area contributed by atoms with Crippen LogP contribution < -0.4 is 15.8 Å². The maximum Gasteiger partial charge on any atom is 0.314 e. The number of ether oxygens (including phenoxy) is 1. The third-order valence-electron chi connectivity index (χ3n) is 5.58. The van der Waals surface area contributed by atoms with Gasteiger partial charge in [0.1, 0.15) is 5.82 Å². The van der Waals surface area contributed by atoms with Crippen molar-refractivity contribution < 1.29 is 14.3 Å². The fourth-order valence-electron chi connectivity index (χ4n) is 4.04. The van der Waals surface area contributed by atoms with E-state index in [1.54, 1.807) is 12.0 Å². The average Bonchev–Trinajstić information content (AvgIpc) is 3.25. The molecule has 0 spiro atoms. The zero-order valence-electron chi connectivity index (χ0n) is 17.7. The number of hydrogen-bond donors (Lipinski definition) is 3. The number of nitrogens with two attached hydrogens (primary N) is 1. The molecule has 10 heteroatoms. The van der Waals surface area contributed by atoms with Crippen LogP contribution in [-0.2, 0) is 9.59 Å². The van der Waals surface area contributed by atoms with E-state index in [1.807, 2.05) is 19.1 Å². The van der Waals surface area contributed by atoms with Crippen LogP contribution in [0.1, 0.15) is 37.1 Å². The van der Waals surface area contributed by atoms with Crippen LogP contribution in [0.15, 0.2) is 24.5 Å². The van der Waals surface area contributed by atoms with Crippen molar-refractivity contribution in [2.45, 2.75) is 32.7 Å². The van der Waals surface area contributed by atoms with Crippen molar-refractivity contribution in [2.75, 3.05) is 24.7 Å². The minimum atomic E-state index is -0.737. The molecule has 0 aliphatic carbocycles. The van der Waals surface area contributed by atoms with E-state index in [9.17, 15) is 9.59 Å². The lowest BCUT2D eigenvalue weighted by Crippen LogP contribution is -2.46. The number of methoxy groups -OCH3 is 1. The first kappa shape index (κ1) is 20.6. The third kappa shape index (κ3) is 4.00. The Bertz CT molecular complexity index is 1140. The second kappa shape index (κ2) is 8.21. The van der Waals surface area contributed by atoms with Crippen molar-refractivity contribution in [1.29, 1.82) is 0 Å². The van der Waals surface area contributed by atoms with Crippen molar-refractivity contribution in [1.82, 2.24) is 25.1 Å². The summed E-state index contributed by atoms with van der Waals surface area (Å²) in [6.45, 7) is 4.44. The molecule has 10 nitrogen and oxygen atoms in total. The molecular weight excluding hydrogens is 398 g/mol. The highest BCUT2D eigenvalue weighted by atomic mass is 16.5. The summed E-state index contributed by atoms with van der Waals surface area (Å²) < 4.78 is 5.29. The molecule has 0 saturated carbocycles. The fraction of sp³-hybridized carbons (Fsp3) is 0.381. The molecule has 1 saturated heterocycles. The lowest BCUT2D eigenvalue weighted by molar-refractivity contribution is -0.146. The number of nitrogens with zero attached hydrogens (tertiary/aromatic N) is 4. The number of H-pyrrole nitrogens is 1. The smallest absolute Gasteiger partial charge is 0.314 e. The van der Waals surface area contributed by atoms with Crippen LogP contribution in [0.4, 0.5) is 11.5 Å². The van der Waals surface area contributed by atoms with Crippen LogP contribution in [-0.4, -0.2) is 50.5 Å². The molecular formula is C21H25N7O3. The predicted molar refractivity (Wildman–Crippen MR) is 115 cm³/mol. The van der Waals surface area contributed by atoms with Crippen LogP contribution in [0, 0.1) is 12.8 Å². The Morgan fingerprint density at radius 2 is 2.10 bits per heavy atom. The van der Waals surface area contributed by atoms with Gasteiger partial charge in [0.15, 0.2) is 0 Å². The van der Waals surface area contributed by atoms with Gasteiger partial charge >= 0.3 is 11.8 Å². The van der Waals surface area contributed by atoms with Gasteiger partial charge in [-0.3, -0.25) is 14.7 Å². The van der Waals surface area contributed by atoms with Crippen LogP contribution in [0.25, 0.3) is 10.9 Å². The minimum absolute atomic E-state index is 0.234. The number of rotatable bonds is 3. The molecule has 0 radical (unpaired) electrons. The largest absolute Gasteiger partial charge is 0.481 e. The highest BCUT2D eigenvalue weighted by Gasteiger charge is 2.35. The quantitative estimate of drug-likeness (QED) is 0.549. The number of piperidine rings is 1. The number of nitrogens with one attached hydrogen (secondary N) is 2. The molecule has 2 amide bonds. The molecule has 3 aromatic heterocycles. The van der Waals surface area contributed by atoms with Gasteiger partial charge in [0.05, 0.1) is 42.1 Å². The van der Waals surface area contributed by atoms with E-state index in [2.05, 4.69) is 32.4 Å². The monoisotopic (exact) mass is 423 g/mol. The van der Waals surface area contributed by atoms with E-state index in [-0.39, 0.29) is 12.0 Å². The molecule has 4 N–H and O–H groups in total. The van der Waals surface area contributed by atoms with Crippen LogP contribution in [0.2, 0.25) is 0 Å². The van der Waals surface area contributed by atoms with E-state index in [0.29, 0.717) is 34.8 Å². The Morgan fingerprint density at radius 1 is 1.29 bits per heavy atom. The Hall–Kier alpha value is -3.69. The normalized spacial score (nSPS) is 18.7. The predicted octanol–water partition coefficient (Wildman–Crippen LogP) is 2.19. The number of pyridine rings is 2. The molecule has 0 unspecified atom stereocenters. The van der Waals surface area contributed by atoms with Crippen molar-refractivity contribution in [3.63, 3.8) is 0 Å². The number of amides is 2. The molecule has 3 aromatic rings. The first-order valence-electron chi connectivity index (χ1n) is 10.1. The number of aromatic nitrogens is 4. The van der Waals surface area contributed by atoms with E-state index in [4.69, 9.17) is 10.5 Å². The Balaban J connectivity index is 1.61. The Kier molecular flexibility index (Phi) is 5.45. The van der Waals surface area contributed by atoms with Gasteiger partial charge in [-0.05, 0) is 37.3 Å². The number of aryl methyl sites for hydroxylation is 1. The van der Waals surface area contributed by atoms with Crippen LogP contribution >= 0.6 is 0 Å². The molecule has 2 atom stereocenters. The van der Waals surface area contributed by atoms with E-state index >= 15 is 0 Å². The minimum Gasteiger partial charge on any atom is -0.481 e. The van der Waals surface area contributed by atoms with Gasteiger partial charge in [0.25, 0.3) is 0 Å². The molecule has 1 aliphatic heterocycles. The SMILES string of the molecule is COc1cc([C@H]2CC[C@H](C)CN2C(=O)C(=O)Nc2cnc(N)c3cn[nH]c23)cc(C)n1. The molecule has 1 aliphatic rings. The second-order valence-electron chi connectivity index (χ2n) is 7.91. The third-order valence-corrected chi connectivity index (χ3v) is 5.58. The molecule has 4 rings (SSSR count). The van der Waals surface area contributed by atoms with Crippen LogP contribution in [0.5, 0.6) is 5.88 Å². The van der Waals surface area contributed by atoms with Gasteiger partial charge < -0.3 is 20.7 Å². The number of anilines is 2. The second-order valence-corrected chi connectivity index (χ2v) is 7.91. The summed E-state index contributed by atoms with van der Waals surface area (Å²) in [5, 5.41) is 9.96. The maximum atomic E-state index is 13.2. The van der Waals surface area contributed by atoms with Crippen LogP contribution in [0.3, 0.4) is 0 Å². The van der Waals surface area contributed by atoms with E-state index < -0.39 is 11.8 Å². The Morgan fingerprint density at radius 3 is 2.87 bits per heavy atom. The molecule has 31 heavy (non-hydrogen) atoms. The maximum absolute atomic E-state index is 13.2. The van der Waals surface area contributed by atoms with Gasteiger partial charge in [-0.1, -0.05) is 6.92 Å². The standard InChI is InChI=1S/C21H25N7O3/c1-11-4-5-16(13-6-12(2)25-17(7-13)31-3)28(10-11)21(30)20(29)26-15-9-23-19(22)14-8-24-27-18(14)15/h6-9,11,16H,4-5,10H2,1-3H3,(H2,22,23)(H,24,27)(H,26,29)/t11-,16+/m0/s1. The van der Waals surface area contributed by atoms with Crippen molar-refractivity contribution >= 4 is 34.2 Å². The molecule has 162 valence electrons. The summed E-state index contributed by atoms with van der Waals surface area (Å²) in [4.78, 5) is 36.1. The van der Waals surface area contributed by atoms with Crippen molar-refractivity contribution in [3.05, 3.63) is 35.8 Å². The summed E-state index contributed by atoms with van der Waals surface area (Å²) >= 11 is 0. The highest BCUT2D eigenvalue weighted by molar-refractivity contribution is 6.40. The number of carbonyl (C=O) groups excluding carboxylic acids is 2. The first-order chi connectivity index (χ1) is 14.9. The number of carbonyl (C=O) groups is 2. The first-order valence-corrected chi connectivity index (χ1v) is 10.1. The number of likely N-dealkylation sites (tertiary alicyclic amines) is 1. The van der Waals surface area contributed by atoms with Gasteiger partial charge in [-0.2, -0.15) is 5.10 Å². The van der Waals surface area contributed by atoms with Crippen molar-refractivity contribution in [3.8, 4) is 5.88 Å². The zero-order valence-corrected chi connectivity index (χ0v) is 17.7. The van der Waals surface area contributed by atoms with Gasteiger partial charge in [-0.15, -0.1) is 0 Å². The average molecular weight is 423 g/mol. The number of aromatic amines is 1. The summed E-state index contributed by atoms with van der Waals surface area (Å²) in [6, 6.07) is 3.52. The van der Waals surface area contributed by atoms with Gasteiger partial charge in [-0.25, -0.2) is 9.97 Å². The molecule has 1 fully saturated rings. The van der Waals surface area contributed by atoms with Gasteiger partial charge in [0, 0.05) is 18.3 Å². The topological polar surface area (TPSA) is 139 Å². The number of hydrogen-bond acceptors (Lipinski definition) is 7. The lowest BCUT2D eigenvalue weighted by atomic mass is 9.90. The molecule has 0 aromatic carbocycles. The zero-order chi connectivity index (χ0) is 22.1. The summed E-state index contributed by atoms with van der Waals surface area (Å²) in [5.74, 6) is -0.274. The van der Waals surface area contributed by atoms with Crippen molar-refractivity contribution in [2.24, 2.45) is 5.92 Å². The molecule has 0 bridgehead atoms. The highest BCUT2D eigenvalue weighted by Crippen LogP contribution is 2.35. The number of fused-ring (bicyclic) bond motifs is 1. The fourth-order valence-corrected chi connectivity index (χ4v) is 4.04. The number of nitrogen functional groups attached to an aromatic ring is 1. The lowest BCUT2D eigenvalue weighted by Gasteiger charge is -2.38. The summed E-state index contributed by atoms with van der Waals surface area (Å²) in [7, 11) is 1.56. The van der Waals surface area contributed by atoms with Gasteiger partial charge in [0.2, 0.25) is 5.88 Å². The molecule has 4 heterocycles. The van der Waals surface area contributed by atoms with E-state index in [0.717, 1.165) is 24.1 Å². The summed E-state index contributed by atoms with van der Waals surface area (Å²) in [5.41, 5.74) is 8.40.